The molecule has 2 aromatic carbocycles. The van der Waals surface area contributed by atoms with E-state index in [0.717, 1.165) is 10.2 Å². The molecule has 4 aromatic rings. The number of carbonyl (C=O) groups is 1. The van der Waals surface area contributed by atoms with Crippen molar-refractivity contribution >= 4 is 55.5 Å². The second kappa shape index (κ2) is 7.11. The summed E-state index contributed by atoms with van der Waals surface area (Å²) in [6.45, 7) is 0. The van der Waals surface area contributed by atoms with Crippen LogP contribution in [0.25, 0.3) is 20.8 Å². The molecule has 8 heteroatoms. The van der Waals surface area contributed by atoms with Crippen LogP contribution < -0.4 is 5.32 Å². The molecule has 0 aliphatic rings. The summed E-state index contributed by atoms with van der Waals surface area (Å²) in [4.78, 5) is 21.0. The number of aromatic nitrogens is 2. The van der Waals surface area contributed by atoms with E-state index in [-0.39, 0.29) is 18.1 Å². The highest BCUT2D eigenvalue weighted by Gasteiger charge is 2.12. The molecular weight excluding hydrogens is 393 g/mol. The zero-order valence-corrected chi connectivity index (χ0v) is 15.6. The number of nitrogens with one attached hydrogen (secondary N) is 1. The largest absolute Gasteiger partial charge is 0.302 e. The van der Waals surface area contributed by atoms with Gasteiger partial charge in [-0.05, 0) is 30.3 Å². The Balaban J connectivity index is 1.46. The van der Waals surface area contributed by atoms with Gasteiger partial charge in [0.25, 0.3) is 0 Å². The van der Waals surface area contributed by atoms with Crippen molar-refractivity contribution in [3.8, 4) is 10.6 Å². The van der Waals surface area contributed by atoms with E-state index in [1.54, 1.807) is 23.6 Å². The summed E-state index contributed by atoms with van der Waals surface area (Å²) in [5.41, 5.74) is 2.12. The van der Waals surface area contributed by atoms with E-state index in [2.05, 4.69) is 15.3 Å². The predicted octanol–water partition coefficient (Wildman–Crippen LogP) is 5.39. The van der Waals surface area contributed by atoms with Gasteiger partial charge in [0.15, 0.2) is 5.13 Å². The van der Waals surface area contributed by atoms with E-state index in [1.807, 2.05) is 12.1 Å². The van der Waals surface area contributed by atoms with Crippen molar-refractivity contribution in [2.45, 2.75) is 6.42 Å². The first-order valence-electron chi connectivity index (χ1n) is 7.63. The third-order valence-electron chi connectivity index (χ3n) is 3.56. The predicted molar refractivity (Wildman–Crippen MR) is 104 cm³/mol. The topological polar surface area (TPSA) is 54.9 Å². The lowest BCUT2D eigenvalue weighted by atomic mass is 10.2. The van der Waals surface area contributed by atoms with Crippen LogP contribution >= 0.6 is 34.3 Å². The first kappa shape index (κ1) is 17.1. The van der Waals surface area contributed by atoms with Crippen LogP contribution in [0.5, 0.6) is 0 Å². The Morgan fingerprint density at radius 2 is 2.08 bits per heavy atom. The molecule has 0 fully saturated rings. The maximum atomic E-state index is 13.3. The molecular formula is C18H11ClFN3OS2. The fourth-order valence-electron chi connectivity index (χ4n) is 2.42. The second-order valence-corrected chi connectivity index (χ2v) is 7.84. The van der Waals surface area contributed by atoms with Gasteiger partial charge in [-0.1, -0.05) is 35.1 Å². The van der Waals surface area contributed by atoms with E-state index < -0.39 is 0 Å². The number of carbonyl (C=O) groups excluding carboxylic acids is 1. The molecule has 2 heterocycles. The average molecular weight is 404 g/mol. The summed E-state index contributed by atoms with van der Waals surface area (Å²) in [6, 6.07) is 11.6. The van der Waals surface area contributed by atoms with Crippen LogP contribution in [0.2, 0.25) is 5.02 Å². The molecule has 0 saturated carbocycles. The first-order valence-corrected chi connectivity index (χ1v) is 9.70. The molecule has 0 radical (unpaired) electrons. The highest BCUT2D eigenvalue weighted by molar-refractivity contribution is 7.22. The molecule has 0 aliphatic heterocycles. The minimum atomic E-state index is -0.312. The Kier molecular flexibility index (Phi) is 4.67. The van der Waals surface area contributed by atoms with E-state index in [0.29, 0.717) is 26.4 Å². The maximum Gasteiger partial charge on any atom is 0.232 e. The molecule has 4 nitrogen and oxygen atoms in total. The summed E-state index contributed by atoms with van der Waals surface area (Å²) in [5.74, 6) is -0.515. The summed E-state index contributed by atoms with van der Waals surface area (Å²) < 4.78 is 14.2. The SMILES string of the molecule is O=C(Cc1csc(-c2cccc(F)c2)n1)Nc1nc2ccc(Cl)cc2s1. The lowest BCUT2D eigenvalue weighted by Crippen LogP contribution is -2.14. The molecule has 0 spiro atoms. The lowest BCUT2D eigenvalue weighted by molar-refractivity contribution is -0.115. The molecule has 130 valence electrons. The molecule has 0 aliphatic carbocycles. The molecule has 4 rings (SSSR count). The monoisotopic (exact) mass is 403 g/mol. The maximum absolute atomic E-state index is 13.3. The van der Waals surface area contributed by atoms with Crippen LogP contribution in [-0.2, 0) is 11.2 Å². The molecule has 0 saturated heterocycles. The number of rotatable bonds is 4. The molecule has 2 aromatic heterocycles. The lowest BCUT2D eigenvalue weighted by Gasteiger charge is -1.99. The van der Waals surface area contributed by atoms with Crippen molar-refractivity contribution in [3.05, 3.63) is 64.4 Å². The highest BCUT2D eigenvalue weighted by atomic mass is 35.5. The fraction of sp³-hybridized carbons (Fsp3) is 0.0556. The van der Waals surface area contributed by atoms with Crippen LogP contribution in [0.1, 0.15) is 5.69 Å². The van der Waals surface area contributed by atoms with Crippen molar-refractivity contribution in [2.75, 3.05) is 5.32 Å². The number of benzene rings is 2. The number of nitrogens with zero attached hydrogens (tertiary/aromatic N) is 2. The minimum absolute atomic E-state index is 0.127. The van der Waals surface area contributed by atoms with Gasteiger partial charge in [0.2, 0.25) is 5.91 Å². The summed E-state index contributed by atoms with van der Waals surface area (Å²) >= 11 is 8.71. The van der Waals surface area contributed by atoms with Crippen LogP contribution in [-0.4, -0.2) is 15.9 Å². The van der Waals surface area contributed by atoms with Crippen molar-refractivity contribution in [2.24, 2.45) is 0 Å². The molecule has 1 N–H and O–H groups in total. The number of hydrogen-bond donors (Lipinski definition) is 1. The van der Waals surface area contributed by atoms with Gasteiger partial charge < -0.3 is 5.32 Å². The quantitative estimate of drug-likeness (QED) is 0.496. The molecule has 0 atom stereocenters. The second-order valence-electron chi connectivity index (χ2n) is 5.51. The van der Waals surface area contributed by atoms with Gasteiger partial charge in [-0.3, -0.25) is 4.79 Å². The van der Waals surface area contributed by atoms with Crippen LogP contribution in [0.3, 0.4) is 0 Å². The van der Waals surface area contributed by atoms with Gasteiger partial charge in [0.05, 0.1) is 22.3 Å². The van der Waals surface area contributed by atoms with Crippen molar-refractivity contribution in [3.63, 3.8) is 0 Å². The van der Waals surface area contributed by atoms with Crippen molar-refractivity contribution < 1.29 is 9.18 Å². The van der Waals surface area contributed by atoms with E-state index >= 15 is 0 Å². The average Bonchev–Trinajstić information content (AvgIpc) is 3.20. The fourth-order valence-corrected chi connectivity index (χ4v) is 4.40. The highest BCUT2D eigenvalue weighted by Crippen LogP contribution is 2.29. The van der Waals surface area contributed by atoms with Gasteiger partial charge in [0, 0.05) is 16.0 Å². The Hall–Kier alpha value is -2.35. The van der Waals surface area contributed by atoms with E-state index in [1.165, 1.54) is 34.8 Å². The summed E-state index contributed by atoms with van der Waals surface area (Å²) in [6.07, 6.45) is 0.127. The van der Waals surface area contributed by atoms with E-state index in [4.69, 9.17) is 11.6 Å². The Morgan fingerprint density at radius 1 is 1.19 bits per heavy atom. The van der Waals surface area contributed by atoms with E-state index in [9.17, 15) is 9.18 Å². The smallest absolute Gasteiger partial charge is 0.232 e. The standard InChI is InChI=1S/C18H11ClFN3OS2/c19-11-4-5-14-15(7-11)26-18(22-14)23-16(24)8-13-9-25-17(21-13)10-2-1-3-12(20)6-10/h1-7,9H,8H2,(H,22,23,24). The van der Waals surface area contributed by atoms with Gasteiger partial charge in [-0.25, -0.2) is 14.4 Å². The van der Waals surface area contributed by atoms with Crippen molar-refractivity contribution in [1.82, 2.24) is 9.97 Å². The Labute approximate surface area is 161 Å². The molecule has 1 amide bonds. The first-order chi connectivity index (χ1) is 12.6. The molecule has 0 bridgehead atoms. The Bertz CT molecular complexity index is 1110. The zero-order valence-electron chi connectivity index (χ0n) is 13.2. The summed E-state index contributed by atoms with van der Waals surface area (Å²) in [7, 11) is 0. The minimum Gasteiger partial charge on any atom is -0.302 e. The van der Waals surface area contributed by atoms with Gasteiger partial charge in [-0.2, -0.15) is 0 Å². The van der Waals surface area contributed by atoms with Gasteiger partial charge >= 0.3 is 0 Å². The van der Waals surface area contributed by atoms with Crippen molar-refractivity contribution in [1.29, 1.82) is 0 Å². The number of anilines is 1. The molecule has 0 unspecified atom stereocenters. The normalized spacial score (nSPS) is 11.0. The third kappa shape index (κ3) is 3.75. The van der Waals surface area contributed by atoms with Gasteiger partial charge in [-0.15, -0.1) is 11.3 Å². The number of thiazole rings is 2. The number of hydrogen-bond acceptors (Lipinski definition) is 5. The zero-order chi connectivity index (χ0) is 18.1. The van der Waals surface area contributed by atoms with Crippen LogP contribution in [0.15, 0.2) is 47.8 Å². The van der Waals surface area contributed by atoms with Crippen LogP contribution in [0, 0.1) is 5.82 Å². The van der Waals surface area contributed by atoms with Crippen LogP contribution in [0.4, 0.5) is 9.52 Å². The third-order valence-corrected chi connectivity index (χ3v) is 5.67. The molecule has 26 heavy (non-hydrogen) atoms. The number of fused-ring (bicyclic) bond motifs is 1. The summed E-state index contributed by atoms with van der Waals surface area (Å²) in [5, 5.41) is 6.43. The van der Waals surface area contributed by atoms with Gasteiger partial charge in [0.1, 0.15) is 10.8 Å². The number of amides is 1. The number of halogens is 2. The Morgan fingerprint density at radius 3 is 2.92 bits per heavy atom.